The molecule has 0 saturated carbocycles. The normalized spacial score (nSPS) is 11.1. The minimum absolute atomic E-state index is 0.269. The van der Waals surface area contributed by atoms with Gasteiger partial charge >= 0.3 is 0 Å². The van der Waals surface area contributed by atoms with Crippen molar-refractivity contribution in [2.45, 2.75) is 13.8 Å². The summed E-state index contributed by atoms with van der Waals surface area (Å²) in [6.45, 7) is 3.84. The van der Waals surface area contributed by atoms with E-state index in [4.69, 9.17) is 0 Å². The van der Waals surface area contributed by atoms with Gasteiger partial charge in [0.2, 0.25) is 0 Å². The maximum Gasteiger partial charge on any atom is 0.187 e. The van der Waals surface area contributed by atoms with Gasteiger partial charge in [0, 0.05) is 17.3 Å². The predicted molar refractivity (Wildman–Crippen MR) is 83.4 cm³/mol. The Kier molecular flexibility index (Phi) is 4.73. The molecule has 0 spiro atoms. The van der Waals surface area contributed by atoms with Gasteiger partial charge < -0.3 is 15.2 Å². The fraction of sp³-hybridized carbons (Fsp3) is 0.111. The van der Waals surface area contributed by atoms with Crippen LogP contribution in [0.15, 0.2) is 60.3 Å². The molecule has 0 aliphatic rings. The van der Waals surface area contributed by atoms with Crippen molar-refractivity contribution < 1.29 is 14.7 Å². The Bertz CT molecular complexity index is 713. The fourth-order valence-corrected chi connectivity index (χ4v) is 1.87. The second kappa shape index (κ2) is 6.72. The van der Waals surface area contributed by atoms with Gasteiger partial charge in [-0.15, -0.1) is 0 Å². The van der Waals surface area contributed by atoms with Crippen molar-refractivity contribution in [2.75, 3.05) is 5.32 Å². The molecule has 112 valence electrons. The minimum Gasteiger partial charge on any atom is -0.543 e. The Hall–Kier alpha value is -2.88. The highest BCUT2D eigenvalue weighted by atomic mass is 16.4. The molecule has 0 radical (unpaired) electrons. The molecule has 0 aliphatic carbocycles. The first-order valence-electron chi connectivity index (χ1n) is 6.83. The standard InChI is InChI=1S/C18H17NO3/c1-12-3-7-14(8-4-12)17(20)11-16(18(21)22)19-15-9-5-13(2)6-10-15/h3-11,19H,1-2H3,(H,21,22)/p-1/b16-11-. The average Bonchev–Trinajstić information content (AvgIpc) is 2.49. The van der Waals surface area contributed by atoms with Crippen LogP contribution in [-0.4, -0.2) is 11.8 Å². The largest absolute Gasteiger partial charge is 0.543 e. The number of carboxylic acids is 1. The van der Waals surface area contributed by atoms with Crippen LogP contribution in [0.5, 0.6) is 0 Å². The SMILES string of the molecule is Cc1ccc(N/C(=C\C(=O)c2ccc(C)cc2)C(=O)[O-])cc1. The highest BCUT2D eigenvalue weighted by Gasteiger charge is 2.06. The lowest BCUT2D eigenvalue weighted by Gasteiger charge is -2.12. The molecule has 4 nitrogen and oxygen atoms in total. The molecule has 0 amide bonds. The molecular weight excluding hydrogens is 278 g/mol. The lowest BCUT2D eigenvalue weighted by Crippen LogP contribution is -2.29. The molecule has 0 bridgehead atoms. The quantitative estimate of drug-likeness (QED) is 0.678. The Morgan fingerprint density at radius 1 is 0.909 bits per heavy atom. The fourth-order valence-electron chi connectivity index (χ4n) is 1.87. The van der Waals surface area contributed by atoms with Crippen LogP contribution in [0.4, 0.5) is 5.69 Å². The van der Waals surface area contributed by atoms with E-state index < -0.39 is 5.97 Å². The smallest absolute Gasteiger partial charge is 0.187 e. The van der Waals surface area contributed by atoms with Crippen LogP contribution < -0.4 is 10.4 Å². The van der Waals surface area contributed by atoms with Crippen molar-refractivity contribution >= 4 is 17.4 Å². The van der Waals surface area contributed by atoms with Gasteiger partial charge in [-0.2, -0.15) is 0 Å². The first-order valence-corrected chi connectivity index (χ1v) is 6.83. The third kappa shape index (κ3) is 4.06. The molecule has 0 heterocycles. The van der Waals surface area contributed by atoms with Crippen molar-refractivity contribution in [2.24, 2.45) is 0 Å². The lowest BCUT2D eigenvalue weighted by molar-refractivity contribution is -0.299. The van der Waals surface area contributed by atoms with Crippen LogP contribution in [0, 0.1) is 13.8 Å². The molecule has 0 atom stereocenters. The molecule has 2 aromatic rings. The molecule has 4 heteroatoms. The summed E-state index contributed by atoms with van der Waals surface area (Å²) in [7, 11) is 0. The molecule has 2 rings (SSSR count). The van der Waals surface area contributed by atoms with E-state index in [1.54, 1.807) is 36.4 Å². The molecule has 1 N–H and O–H groups in total. The monoisotopic (exact) mass is 294 g/mol. The summed E-state index contributed by atoms with van der Waals surface area (Å²) in [5, 5.41) is 13.9. The Balaban J connectivity index is 2.23. The van der Waals surface area contributed by atoms with E-state index in [2.05, 4.69) is 5.32 Å². The van der Waals surface area contributed by atoms with E-state index in [-0.39, 0.29) is 11.5 Å². The second-order valence-corrected chi connectivity index (χ2v) is 5.07. The van der Waals surface area contributed by atoms with Gasteiger partial charge in [0.25, 0.3) is 0 Å². The van der Waals surface area contributed by atoms with E-state index >= 15 is 0 Å². The van der Waals surface area contributed by atoms with Crippen LogP contribution in [0.25, 0.3) is 0 Å². The zero-order valence-electron chi connectivity index (χ0n) is 12.4. The van der Waals surface area contributed by atoms with Crippen molar-refractivity contribution in [1.82, 2.24) is 0 Å². The molecule has 0 fully saturated rings. The van der Waals surface area contributed by atoms with Gasteiger partial charge in [-0.05, 0) is 26.0 Å². The maximum atomic E-state index is 12.1. The number of aryl methyl sites for hydroxylation is 2. The number of carbonyl (C=O) groups is 2. The molecule has 0 aliphatic heterocycles. The molecule has 22 heavy (non-hydrogen) atoms. The minimum atomic E-state index is -1.43. The number of carbonyl (C=O) groups excluding carboxylic acids is 2. The van der Waals surface area contributed by atoms with Crippen LogP contribution in [0.1, 0.15) is 21.5 Å². The summed E-state index contributed by atoms with van der Waals surface area (Å²) in [4.78, 5) is 23.3. The summed E-state index contributed by atoms with van der Waals surface area (Å²) in [5.74, 6) is -1.82. The third-order valence-electron chi connectivity index (χ3n) is 3.16. The summed E-state index contributed by atoms with van der Waals surface area (Å²) >= 11 is 0. The van der Waals surface area contributed by atoms with E-state index in [9.17, 15) is 14.7 Å². The lowest BCUT2D eigenvalue weighted by atomic mass is 10.1. The number of rotatable bonds is 5. The molecule has 0 aromatic heterocycles. The first-order chi connectivity index (χ1) is 10.5. The van der Waals surface area contributed by atoms with Crippen molar-refractivity contribution in [3.8, 4) is 0 Å². The van der Waals surface area contributed by atoms with Gasteiger partial charge in [0.15, 0.2) is 5.78 Å². The Labute approximate surface area is 129 Å². The van der Waals surface area contributed by atoms with E-state index in [1.165, 1.54) is 0 Å². The zero-order chi connectivity index (χ0) is 16.1. The Morgan fingerprint density at radius 3 is 1.91 bits per heavy atom. The summed E-state index contributed by atoms with van der Waals surface area (Å²) < 4.78 is 0. The molecule has 2 aromatic carbocycles. The highest BCUT2D eigenvalue weighted by Crippen LogP contribution is 2.12. The van der Waals surface area contributed by atoms with Crippen LogP contribution in [-0.2, 0) is 4.79 Å². The molecule has 0 unspecified atom stereocenters. The molecule has 0 saturated heterocycles. The number of carboxylic acid groups (broad SMARTS) is 1. The number of hydrogen-bond acceptors (Lipinski definition) is 4. The van der Waals surface area contributed by atoms with Crippen molar-refractivity contribution in [1.29, 1.82) is 0 Å². The number of nitrogens with one attached hydrogen (secondary N) is 1. The number of benzene rings is 2. The van der Waals surface area contributed by atoms with Crippen molar-refractivity contribution in [3.63, 3.8) is 0 Å². The maximum absolute atomic E-state index is 12.1. The first kappa shape index (κ1) is 15.5. The van der Waals surface area contributed by atoms with Gasteiger partial charge in [-0.3, -0.25) is 4.79 Å². The molecular formula is C18H16NO3-. The van der Waals surface area contributed by atoms with Gasteiger partial charge in [0.05, 0.1) is 11.7 Å². The van der Waals surface area contributed by atoms with Crippen LogP contribution in [0.2, 0.25) is 0 Å². The van der Waals surface area contributed by atoms with E-state index in [0.29, 0.717) is 11.3 Å². The number of anilines is 1. The van der Waals surface area contributed by atoms with Gasteiger partial charge in [0.1, 0.15) is 0 Å². The summed E-state index contributed by atoms with van der Waals surface area (Å²) in [5.41, 5.74) is 2.82. The van der Waals surface area contributed by atoms with Gasteiger partial charge in [-0.25, -0.2) is 0 Å². The third-order valence-corrected chi connectivity index (χ3v) is 3.16. The van der Waals surface area contributed by atoms with Gasteiger partial charge in [-0.1, -0.05) is 47.5 Å². The number of ketones is 1. The zero-order valence-corrected chi connectivity index (χ0v) is 12.4. The van der Waals surface area contributed by atoms with Crippen LogP contribution >= 0.6 is 0 Å². The van der Waals surface area contributed by atoms with E-state index in [0.717, 1.165) is 17.2 Å². The second-order valence-electron chi connectivity index (χ2n) is 5.07. The van der Waals surface area contributed by atoms with E-state index in [1.807, 2.05) is 26.0 Å². The number of allylic oxidation sites excluding steroid dienone is 1. The number of aliphatic carboxylic acids is 1. The summed E-state index contributed by atoms with van der Waals surface area (Å²) in [6, 6.07) is 14.1. The van der Waals surface area contributed by atoms with Crippen molar-refractivity contribution in [3.05, 3.63) is 77.0 Å². The predicted octanol–water partition coefficient (Wildman–Crippen LogP) is 2.23. The summed E-state index contributed by atoms with van der Waals surface area (Å²) in [6.07, 6.45) is 1.04. The Morgan fingerprint density at radius 2 is 1.41 bits per heavy atom. The average molecular weight is 294 g/mol. The topological polar surface area (TPSA) is 69.2 Å². The number of hydrogen-bond donors (Lipinski definition) is 1. The van der Waals surface area contributed by atoms with Crippen LogP contribution in [0.3, 0.4) is 0 Å². The highest BCUT2D eigenvalue weighted by molar-refractivity contribution is 6.08.